The van der Waals surface area contributed by atoms with Crippen molar-refractivity contribution in [1.29, 1.82) is 0 Å². The van der Waals surface area contributed by atoms with Gasteiger partial charge in [-0.15, -0.1) is 0 Å². The van der Waals surface area contributed by atoms with Crippen LogP contribution in [0.1, 0.15) is 31.4 Å². The van der Waals surface area contributed by atoms with Gasteiger partial charge in [0.2, 0.25) is 11.8 Å². The highest BCUT2D eigenvalue weighted by atomic mass is 19.4. The molecule has 0 unspecified atom stereocenters. The lowest BCUT2D eigenvalue weighted by molar-refractivity contribution is -0.157. The lowest BCUT2D eigenvalue weighted by Gasteiger charge is -2.28. The van der Waals surface area contributed by atoms with Crippen LogP contribution in [0, 0.1) is 12.8 Å². The van der Waals surface area contributed by atoms with Crippen LogP contribution in [0.3, 0.4) is 0 Å². The average molecular weight is 356 g/mol. The third-order valence-corrected chi connectivity index (χ3v) is 4.53. The molecule has 1 saturated heterocycles. The summed E-state index contributed by atoms with van der Waals surface area (Å²) in [5, 5.41) is 2.80. The normalized spacial score (nSPS) is 18.6. The minimum absolute atomic E-state index is 0.174. The van der Waals surface area contributed by atoms with E-state index < -0.39 is 24.5 Å². The van der Waals surface area contributed by atoms with Gasteiger partial charge in [0, 0.05) is 24.9 Å². The number of hydrogen-bond acceptors (Lipinski definition) is 2. The maximum Gasteiger partial charge on any atom is 0.406 e. The number of nitrogens with one attached hydrogen (secondary N) is 1. The fourth-order valence-electron chi connectivity index (χ4n) is 3.20. The summed E-state index contributed by atoms with van der Waals surface area (Å²) in [6.45, 7) is 4.83. The smallest absolute Gasteiger partial charge is 0.355 e. The van der Waals surface area contributed by atoms with Crippen molar-refractivity contribution in [2.45, 2.75) is 38.8 Å². The van der Waals surface area contributed by atoms with Crippen molar-refractivity contribution in [2.24, 2.45) is 5.92 Å². The molecule has 1 aliphatic heterocycles. The summed E-state index contributed by atoms with van der Waals surface area (Å²) in [6.07, 6.45) is -4.62. The number of likely N-dealkylation sites (tertiary alicyclic amines) is 1. The molecule has 1 N–H and O–H groups in total. The standard InChI is InChI=1S/C18H23F3N2O2/c1-12-6-4-5-7-14(12)17(2,3)10-22-16(25)13-8-15(24)23(9-13)11-18(19,20)21/h4-7,13H,8-11H2,1-3H3,(H,22,25)/t13-/m0/s1. The lowest BCUT2D eigenvalue weighted by Crippen LogP contribution is -2.41. The Bertz CT molecular complexity index is 656. The van der Waals surface area contributed by atoms with E-state index in [4.69, 9.17) is 0 Å². The lowest BCUT2D eigenvalue weighted by atomic mass is 9.82. The molecule has 0 radical (unpaired) electrons. The van der Waals surface area contributed by atoms with Gasteiger partial charge in [-0.05, 0) is 18.1 Å². The summed E-state index contributed by atoms with van der Waals surface area (Å²) in [4.78, 5) is 24.7. The number of amides is 2. The Balaban J connectivity index is 1.95. The summed E-state index contributed by atoms with van der Waals surface area (Å²) in [7, 11) is 0. The SMILES string of the molecule is Cc1ccccc1C(C)(C)CNC(=O)[C@H]1CC(=O)N(CC(F)(F)F)C1. The van der Waals surface area contributed by atoms with Crippen LogP contribution < -0.4 is 5.32 Å². The molecule has 0 aliphatic carbocycles. The van der Waals surface area contributed by atoms with Crippen LogP contribution in [-0.2, 0) is 15.0 Å². The van der Waals surface area contributed by atoms with E-state index in [0.29, 0.717) is 11.4 Å². The number of nitrogens with zero attached hydrogens (tertiary/aromatic N) is 1. The number of aryl methyl sites for hydroxylation is 1. The Hall–Kier alpha value is -2.05. The molecule has 0 saturated carbocycles. The summed E-state index contributed by atoms with van der Waals surface area (Å²) >= 11 is 0. The molecular formula is C18H23F3N2O2. The van der Waals surface area contributed by atoms with Crippen LogP contribution in [0.2, 0.25) is 0 Å². The summed E-state index contributed by atoms with van der Waals surface area (Å²) in [5.41, 5.74) is 1.88. The van der Waals surface area contributed by atoms with E-state index in [1.165, 1.54) is 0 Å². The fraction of sp³-hybridized carbons (Fsp3) is 0.556. The highest BCUT2D eigenvalue weighted by Crippen LogP contribution is 2.27. The molecule has 25 heavy (non-hydrogen) atoms. The number of benzene rings is 1. The van der Waals surface area contributed by atoms with Crippen LogP contribution in [-0.4, -0.2) is 42.5 Å². The Labute approximate surface area is 145 Å². The van der Waals surface area contributed by atoms with E-state index >= 15 is 0 Å². The van der Waals surface area contributed by atoms with Crippen molar-refractivity contribution in [3.05, 3.63) is 35.4 Å². The van der Waals surface area contributed by atoms with E-state index in [1.807, 2.05) is 45.0 Å². The van der Waals surface area contributed by atoms with Gasteiger partial charge in [0.25, 0.3) is 0 Å². The van der Waals surface area contributed by atoms with Gasteiger partial charge in [-0.3, -0.25) is 9.59 Å². The zero-order valence-electron chi connectivity index (χ0n) is 14.6. The molecule has 2 rings (SSSR count). The van der Waals surface area contributed by atoms with Gasteiger partial charge in [0.15, 0.2) is 0 Å². The molecule has 1 atom stereocenters. The van der Waals surface area contributed by atoms with Gasteiger partial charge < -0.3 is 10.2 Å². The first-order valence-electron chi connectivity index (χ1n) is 8.18. The highest BCUT2D eigenvalue weighted by Gasteiger charge is 2.40. The second kappa shape index (κ2) is 7.06. The van der Waals surface area contributed by atoms with Crippen molar-refractivity contribution in [3.63, 3.8) is 0 Å². The van der Waals surface area contributed by atoms with Crippen LogP contribution in [0.25, 0.3) is 0 Å². The third kappa shape index (κ3) is 4.96. The molecule has 2 amide bonds. The van der Waals surface area contributed by atoms with Gasteiger partial charge in [-0.1, -0.05) is 38.1 Å². The summed E-state index contributed by atoms with van der Waals surface area (Å²) in [5.74, 6) is -1.74. The van der Waals surface area contributed by atoms with Crippen molar-refractivity contribution in [3.8, 4) is 0 Å². The van der Waals surface area contributed by atoms with E-state index in [9.17, 15) is 22.8 Å². The molecule has 0 bridgehead atoms. The van der Waals surface area contributed by atoms with E-state index in [1.54, 1.807) is 0 Å². The number of rotatable bonds is 5. The van der Waals surface area contributed by atoms with Gasteiger partial charge >= 0.3 is 6.18 Å². The third-order valence-electron chi connectivity index (χ3n) is 4.53. The van der Waals surface area contributed by atoms with E-state index in [-0.39, 0.29) is 24.3 Å². The second-order valence-corrected chi connectivity index (χ2v) is 7.21. The van der Waals surface area contributed by atoms with Crippen molar-refractivity contribution in [2.75, 3.05) is 19.6 Å². The largest absolute Gasteiger partial charge is 0.406 e. The maximum atomic E-state index is 12.4. The first kappa shape index (κ1) is 19.3. The van der Waals surface area contributed by atoms with Crippen LogP contribution in [0.5, 0.6) is 0 Å². The molecule has 0 aromatic heterocycles. The molecule has 1 aliphatic rings. The minimum Gasteiger partial charge on any atom is -0.355 e. The fourth-order valence-corrected chi connectivity index (χ4v) is 3.20. The molecule has 1 aromatic carbocycles. The van der Waals surface area contributed by atoms with Crippen LogP contribution >= 0.6 is 0 Å². The zero-order valence-corrected chi connectivity index (χ0v) is 14.6. The zero-order chi connectivity index (χ0) is 18.8. The Morgan fingerprint density at radius 3 is 2.52 bits per heavy atom. The number of hydrogen-bond donors (Lipinski definition) is 1. The van der Waals surface area contributed by atoms with Crippen molar-refractivity contribution < 1.29 is 22.8 Å². The first-order chi connectivity index (χ1) is 11.5. The van der Waals surface area contributed by atoms with Crippen molar-refractivity contribution >= 4 is 11.8 Å². The van der Waals surface area contributed by atoms with E-state index in [0.717, 1.165) is 11.1 Å². The Morgan fingerprint density at radius 1 is 1.28 bits per heavy atom. The van der Waals surface area contributed by atoms with Crippen molar-refractivity contribution in [1.82, 2.24) is 10.2 Å². The molecule has 138 valence electrons. The van der Waals surface area contributed by atoms with E-state index in [2.05, 4.69) is 5.32 Å². The molecule has 1 heterocycles. The monoisotopic (exact) mass is 356 g/mol. The van der Waals surface area contributed by atoms with Crippen LogP contribution in [0.15, 0.2) is 24.3 Å². The molecule has 4 nitrogen and oxygen atoms in total. The number of alkyl halides is 3. The Kier molecular flexibility index (Phi) is 5.44. The van der Waals surface area contributed by atoms with Crippen LogP contribution in [0.4, 0.5) is 13.2 Å². The number of carbonyl (C=O) groups excluding carboxylic acids is 2. The highest BCUT2D eigenvalue weighted by molar-refractivity contribution is 5.89. The second-order valence-electron chi connectivity index (χ2n) is 7.21. The predicted octanol–water partition coefficient (Wildman–Crippen LogP) is 2.80. The molecule has 7 heteroatoms. The minimum atomic E-state index is -4.45. The number of carbonyl (C=O) groups is 2. The number of halogens is 3. The average Bonchev–Trinajstić information content (AvgIpc) is 2.84. The maximum absolute atomic E-state index is 12.4. The Morgan fingerprint density at radius 2 is 1.92 bits per heavy atom. The van der Waals surface area contributed by atoms with Gasteiger partial charge in [-0.25, -0.2) is 0 Å². The van der Waals surface area contributed by atoms with Gasteiger partial charge in [0.1, 0.15) is 6.54 Å². The first-order valence-corrected chi connectivity index (χ1v) is 8.18. The van der Waals surface area contributed by atoms with Gasteiger partial charge in [0.05, 0.1) is 5.92 Å². The summed E-state index contributed by atoms with van der Waals surface area (Å²) < 4.78 is 37.3. The van der Waals surface area contributed by atoms with Gasteiger partial charge in [-0.2, -0.15) is 13.2 Å². The topological polar surface area (TPSA) is 49.4 Å². The predicted molar refractivity (Wildman–Crippen MR) is 88.0 cm³/mol. The quantitative estimate of drug-likeness (QED) is 0.882. The molecule has 1 aromatic rings. The summed E-state index contributed by atoms with van der Waals surface area (Å²) in [6, 6.07) is 7.85. The molecule has 1 fully saturated rings. The molecule has 0 spiro atoms. The molecular weight excluding hydrogens is 333 g/mol.